The molecule has 0 atom stereocenters. The zero-order valence-electron chi connectivity index (χ0n) is 12.2. The molecule has 2 heterocycles. The quantitative estimate of drug-likeness (QED) is 0.655. The fraction of sp³-hybridized carbons (Fsp3) is 0.143. The summed E-state index contributed by atoms with van der Waals surface area (Å²) in [5, 5.41) is 7.81. The molecule has 0 aliphatic carbocycles. The van der Waals surface area contributed by atoms with Gasteiger partial charge < -0.3 is 4.74 Å². The van der Waals surface area contributed by atoms with Crippen molar-refractivity contribution in [2.45, 2.75) is 12.8 Å². The molecule has 3 aromatic rings. The van der Waals surface area contributed by atoms with Gasteiger partial charge >= 0.3 is 12.2 Å². The van der Waals surface area contributed by atoms with E-state index in [-0.39, 0.29) is 18.3 Å². The van der Waals surface area contributed by atoms with Gasteiger partial charge in [0.15, 0.2) is 0 Å². The highest BCUT2D eigenvalue weighted by molar-refractivity contribution is 6.30. The number of benzene rings is 1. The van der Waals surface area contributed by atoms with Crippen molar-refractivity contribution in [3.8, 4) is 11.7 Å². The molecule has 0 N–H and O–H groups in total. The van der Waals surface area contributed by atoms with Crippen LogP contribution in [0, 0.1) is 5.82 Å². The number of alkyl halides is 3. The van der Waals surface area contributed by atoms with Crippen molar-refractivity contribution in [3.63, 3.8) is 0 Å². The van der Waals surface area contributed by atoms with Crippen LogP contribution in [0.2, 0.25) is 5.02 Å². The molecule has 11 heteroatoms. The summed E-state index contributed by atoms with van der Waals surface area (Å²) in [4.78, 5) is 7.64. The van der Waals surface area contributed by atoms with E-state index in [1.807, 2.05) is 0 Å². The van der Waals surface area contributed by atoms with E-state index in [9.17, 15) is 17.6 Å². The van der Waals surface area contributed by atoms with Gasteiger partial charge in [0, 0.05) is 0 Å². The van der Waals surface area contributed by atoms with Crippen molar-refractivity contribution < 1.29 is 22.3 Å². The lowest BCUT2D eigenvalue weighted by Gasteiger charge is -2.09. The molecule has 0 bridgehead atoms. The summed E-state index contributed by atoms with van der Waals surface area (Å²) in [5.41, 5.74) is -1.06. The van der Waals surface area contributed by atoms with Gasteiger partial charge in [-0.1, -0.05) is 16.8 Å². The molecular weight excluding hydrogens is 366 g/mol. The average Bonchev–Trinajstić information content (AvgIpc) is 3.03. The fourth-order valence-corrected chi connectivity index (χ4v) is 1.97. The molecule has 130 valence electrons. The molecule has 1 aromatic carbocycles. The zero-order chi connectivity index (χ0) is 18.0. The van der Waals surface area contributed by atoms with Crippen LogP contribution in [-0.2, 0) is 12.8 Å². The van der Waals surface area contributed by atoms with Gasteiger partial charge in [0.05, 0.1) is 34.9 Å². The molecule has 0 unspecified atom stereocenters. The summed E-state index contributed by atoms with van der Waals surface area (Å²) in [7, 11) is 0. The Hall–Kier alpha value is -2.75. The van der Waals surface area contributed by atoms with Crippen molar-refractivity contribution in [1.82, 2.24) is 25.0 Å². The number of nitrogens with zero attached hydrogens (tertiary/aromatic N) is 5. The Morgan fingerprint density at radius 2 is 1.88 bits per heavy atom. The summed E-state index contributed by atoms with van der Waals surface area (Å²) in [6, 6.07) is 2.58. The predicted molar refractivity (Wildman–Crippen MR) is 77.7 cm³/mol. The van der Waals surface area contributed by atoms with Crippen molar-refractivity contribution >= 4 is 11.6 Å². The van der Waals surface area contributed by atoms with Crippen LogP contribution in [0.1, 0.15) is 11.3 Å². The third-order valence-electron chi connectivity index (χ3n) is 3.01. The molecule has 0 saturated carbocycles. The summed E-state index contributed by atoms with van der Waals surface area (Å²) in [5.74, 6) is -1.36. The van der Waals surface area contributed by atoms with E-state index in [2.05, 4.69) is 20.3 Å². The van der Waals surface area contributed by atoms with E-state index in [4.69, 9.17) is 16.3 Å². The SMILES string of the molecule is Fc1ccc(-n2cc(COc3ncc(Cl)cn3)nn2)cc1C(F)(F)F. The summed E-state index contributed by atoms with van der Waals surface area (Å²) >= 11 is 5.64. The van der Waals surface area contributed by atoms with Gasteiger partial charge in [-0.05, 0) is 18.2 Å². The first-order valence-corrected chi connectivity index (χ1v) is 7.09. The zero-order valence-corrected chi connectivity index (χ0v) is 13.0. The minimum absolute atomic E-state index is 0.00946. The lowest BCUT2D eigenvalue weighted by molar-refractivity contribution is -0.140. The number of rotatable bonds is 4. The number of ether oxygens (including phenoxy) is 1. The maximum atomic E-state index is 13.3. The van der Waals surface area contributed by atoms with Gasteiger partial charge in [-0.25, -0.2) is 19.0 Å². The molecule has 0 aliphatic heterocycles. The molecule has 2 aromatic heterocycles. The van der Waals surface area contributed by atoms with E-state index in [0.29, 0.717) is 16.8 Å². The number of halogens is 5. The minimum Gasteiger partial charge on any atom is -0.457 e. The Bertz CT molecular complexity index is 882. The van der Waals surface area contributed by atoms with E-state index < -0.39 is 17.6 Å². The molecule has 0 spiro atoms. The second kappa shape index (κ2) is 6.63. The first kappa shape index (κ1) is 17.1. The molecule has 0 aliphatic rings. The van der Waals surface area contributed by atoms with Crippen molar-refractivity contribution in [3.05, 3.63) is 58.9 Å². The number of hydrogen-bond donors (Lipinski definition) is 0. The average molecular weight is 374 g/mol. The van der Waals surface area contributed by atoms with Crippen molar-refractivity contribution in [2.24, 2.45) is 0 Å². The van der Waals surface area contributed by atoms with Crippen LogP contribution in [-0.4, -0.2) is 25.0 Å². The Morgan fingerprint density at radius 1 is 1.16 bits per heavy atom. The molecular formula is C14H8ClF4N5O. The van der Waals surface area contributed by atoms with Crippen LogP contribution in [0.15, 0.2) is 36.8 Å². The molecule has 25 heavy (non-hydrogen) atoms. The van der Waals surface area contributed by atoms with Crippen LogP contribution in [0.3, 0.4) is 0 Å². The normalized spacial score (nSPS) is 11.6. The molecule has 0 amide bonds. The Balaban J connectivity index is 1.76. The first-order valence-electron chi connectivity index (χ1n) is 6.71. The maximum absolute atomic E-state index is 13.3. The third kappa shape index (κ3) is 4.02. The van der Waals surface area contributed by atoms with Gasteiger partial charge in [-0.3, -0.25) is 0 Å². The van der Waals surface area contributed by atoms with Gasteiger partial charge in [-0.15, -0.1) is 5.10 Å². The van der Waals surface area contributed by atoms with E-state index >= 15 is 0 Å². The van der Waals surface area contributed by atoms with Gasteiger partial charge in [0.25, 0.3) is 0 Å². The Kier molecular flexibility index (Phi) is 4.53. The molecule has 6 nitrogen and oxygen atoms in total. The van der Waals surface area contributed by atoms with Crippen molar-refractivity contribution in [1.29, 1.82) is 0 Å². The van der Waals surface area contributed by atoms with Crippen molar-refractivity contribution in [2.75, 3.05) is 0 Å². The third-order valence-corrected chi connectivity index (χ3v) is 3.20. The highest BCUT2D eigenvalue weighted by Gasteiger charge is 2.34. The lowest BCUT2D eigenvalue weighted by atomic mass is 10.2. The minimum atomic E-state index is -4.81. The monoisotopic (exact) mass is 373 g/mol. The summed E-state index contributed by atoms with van der Waals surface area (Å²) in [6.07, 6.45) is -0.766. The first-order chi connectivity index (χ1) is 11.8. The highest BCUT2D eigenvalue weighted by Crippen LogP contribution is 2.32. The van der Waals surface area contributed by atoms with Crippen LogP contribution in [0.5, 0.6) is 6.01 Å². The molecule has 3 rings (SSSR count). The van der Waals surface area contributed by atoms with E-state index in [0.717, 1.165) is 16.8 Å². The molecule has 0 saturated heterocycles. The molecule has 0 fully saturated rings. The highest BCUT2D eigenvalue weighted by atomic mass is 35.5. The lowest BCUT2D eigenvalue weighted by Crippen LogP contribution is -2.09. The van der Waals surface area contributed by atoms with E-state index in [1.54, 1.807) is 0 Å². The van der Waals surface area contributed by atoms with Crippen LogP contribution in [0.25, 0.3) is 5.69 Å². The second-order valence-electron chi connectivity index (χ2n) is 4.79. The van der Waals surface area contributed by atoms with Gasteiger partial charge in [0.2, 0.25) is 0 Å². The smallest absolute Gasteiger partial charge is 0.419 e. The molecule has 0 radical (unpaired) electrons. The maximum Gasteiger partial charge on any atom is 0.419 e. The van der Waals surface area contributed by atoms with Gasteiger partial charge in [0.1, 0.15) is 18.1 Å². The topological polar surface area (TPSA) is 65.7 Å². The summed E-state index contributed by atoms with van der Waals surface area (Å²) in [6.45, 7) is -0.0606. The predicted octanol–water partition coefficient (Wildman–Crippen LogP) is 3.45. The van der Waals surface area contributed by atoms with E-state index in [1.165, 1.54) is 18.6 Å². The Morgan fingerprint density at radius 3 is 2.56 bits per heavy atom. The Labute approximate surface area is 143 Å². The van der Waals surface area contributed by atoms with Gasteiger partial charge in [-0.2, -0.15) is 13.2 Å². The number of hydrogen-bond acceptors (Lipinski definition) is 5. The van der Waals surface area contributed by atoms with Crippen LogP contribution in [0.4, 0.5) is 17.6 Å². The van der Waals surface area contributed by atoms with Crippen LogP contribution >= 0.6 is 11.6 Å². The largest absolute Gasteiger partial charge is 0.457 e. The fourth-order valence-electron chi connectivity index (χ4n) is 1.88. The second-order valence-corrected chi connectivity index (χ2v) is 5.23. The standard InChI is InChI=1S/C14H8ClF4N5O/c15-8-4-20-13(21-5-8)25-7-9-6-24(23-22-9)10-1-2-12(16)11(3-10)14(17,18)19/h1-6H,7H2. The summed E-state index contributed by atoms with van der Waals surface area (Å²) < 4.78 is 57.9. The number of aromatic nitrogens is 5. The van der Waals surface area contributed by atoms with Crippen LogP contribution < -0.4 is 4.74 Å².